The Labute approximate surface area is 153 Å². The number of carbonyl (C=O) groups is 1. The van der Waals surface area contributed by atoms with Crippen LogP contribution in [0.25, 0.3) is 0 Å². The fourth-order valence-electron chi connectivity index (χ4n) is 4.10. The molecule has 3 nitrogen and oxygen atoms in total. The summed E-state index contributed by atoms with van der Waals surface area (Å²) in [6, 6.07) is 5.95. The number of benzene rings is 1. The van der Waals surface area contributed by atoms with Crippen LogP contribution < -0.4 is 11.1 Å². The highest BCUT2D eigenvalue weighted by molar-refractivity contribution is 6.42. The monoisotopic (exact) mass is 376 g/mol. The third kappa shape index (κ3) is 4.54. The van der Waals surface area contributed by atoms with E-state index in [0.29, 0.717) is 40.4 Å². The number of rotatable bonds is 3. The van der Waals surface area contributed by atoms with Crippen molar-refractivity contribution in [2.24, 2.45) is 17.6 Å². The van der Waals surface area contributed by atoms with E-state index in [0.717, 1.165) is 18.4 Å². The van der Waals surface area contributed by atoms with E-state index in [1.165, 1.54) is 19.3 Å². The molecule has 0 spiro atoms. The van der Waals surface area contributed by atoms with Crippen LogP contribution in [0.1, 0.15) is 37.7 Å². The molecule has 2 unspecified atom stereocenters. The number of hydrogen-bond acceptors (Lipinski definition) is 2. The molecular formula is C17H23Cl3N2O. The van der Waals surface area contributed by atoms with E-state index in [9.17, 15) is 4.79 Å². The Bertz CT molecular complexity index is 553. The summed E-state index contributed by atoms with van der Waals surface area (Å²) in [5.41, 5.74) is 7.03. The van der Waals surface area contributed by atoms with Gasteiger partial charge in [-0.2, -0.15) is 0 Å². The van der Waals surface area contributed by atoms with E-state index in [1.54, 1.807) is 12.1 Å². The molecule has 0 aromatic heterocycles. The zero-order valence-corrected chi connectivity index (χ0v) is 15.3. The third-order valence-corrected chi connectivity index (χ3v) is 5.79. The zero-order chi connectivity index (χ0) is 15.7. The third-order valence-electron chi connectivity index (χ3n) is 5.05. The van der Waals surface area contributed by atoms with Crippen molar-refractivity contribution in [3.05, 3.63) is 33.8 Å². The van der Waals surface area contributed by atoms with E-state index < -0.39 is 0 Å². The van der Waals surface area contributed by atoms with Crippen molar-refractivity contribution in [3.8, 4) is 0 Å². The number of nitrogens with two attached hydrogens (primary N) is 1. The molecule has 128 valence electrons. The van der Waals surface area contributed by atoms with E-state index in [2.05, 4.69) is 5.32 Å². The molecule has 0 heterocycles. The van der Waals surface area contributed by atoms with E-state index in [4.69, 9.17) is 28.9 Å². The van der Waals surface area contributed by atoms with Crippen molar-refractivity contribution < 1.29 is 4.79 Å². The quantitative estimate of drug-likeness (QED) is 0.837. The Balaban J connectivity index is 0.00000192. The van der Waals surface area contributed by atoms with Crippen LogP contribution in [0.15, 0.2) is 18.2 Å². The number of nitrogens with one attached hydrogen (secondary N) is 1. The normalized spacial score (nSPS) is 29.5. The van der Waals surface area contributed by atoms with Gasteiger partial charge in [0.05, 0.1) is 16.5 Å². The SMILES string of the molecule is Cl.NC1CC2CCCC(C1)C2NC(=O)Cc1ccc(Cl)c(Cl)c1. The molecule has 2 atom stereocenters. The van der Waals surface area contributed by atoms with Crippen LogP contribution in [0, 0.1) is 11.8 Å². The predicted molar refractivity (Wildman–Crippen MR) is 97.4 cm³/mol. The van der Waals surface area contributed by atoms with Gasteiger partial charge in [-0.25, -0.2) is 0 Å². The molecule has 2 aliphatic carbocycles. The fourth-order valence-corrected chi connectivity index (χ4v) is 4.42. The minimum absolute atomic E-state index is 0. The molecule has 2 fully saturated rings. The first-order chi connectivity index (χ1) is 10.5. The predicted octanol–water partition coefficient (Wildman–Crippen LogP) is 3.98. The summed E-state index contributed by atoms with van der Waals surface area (Å²) in [7, 11) is 0. The summed E-state index contributed by atoms with van der Waals surface area (Å²) in [4.78, 5) is 12.4. The number of fused-ring (bicyclic) bond motifs is 2. The van der Waals surface area contributed by atoms with Gasteiger partial charge in [-0.1, -0.05) is 35.7 Å². The average molecular weight is 378 g/mol. The second-order valence-electron chi connectivity index (χ2n) is 6.70. The van der Waals surface area contributed by atoms with Crippen molar-refractivity contribution in [1.29, 1.82) is 0 Å². The fraction of sp³-hybridized carbons (Fsp3) is 0.588. The zero-order valence-electron chi connectivity index (χ0n) is 12.9. The molecule has 3 N–H and O–H groups in total. The molecule has 1 aromatic carbocycles. The first-order valence-corrected chi connectivity index (χ1v) is 8.77. The van der Waals surface area contributed by atoms with Gasteiger partial charge in [0.15, 0.2) is 0 Å². The van der Waals surface area contributed by atoms with E-state index in [1.807, 2.05) is 6.07 Å². The number of hydrogen-bond donors (Lipinski definition) is 2. The summed E-state index contributed by atoms with van der Waals surface area (Å²) in [5, 5.41) is 4.26. The summed E-state index contributed by atoms with van der Waals surface area (Å²) < 4.78 is 0. The molecule has 2 aliphatic rings. The van der Waals surface area contributed by atoms with Crippen LogP contribution >= 0.6 is 35.6 Å². The molecule has 6 heteroatoms. The van der Waals surface area contributed by atoms with Crippen LogP contribution in [0.4, 0.5) is 0 Å². The van der Waals surface area contributed by atoms with E-state index >= 15 is 0 Å². The van der Waals surface area contributed by atoms with Crippen LogP contribution in [0.2, 0.25) is 10.0 Å². The van der Waals surface area contributed by atoms with Crippen LogP contribution in [-0.4, -0.2) is 18.0 Å². The second-order valence-corrected chi connectivity index (χ2v) is 7.52. The van der Waals surface area contributed by atoms with Gasteiger partial charge >= 0.3 is 0 Å². The Morgan fingerprint density at radius 2 is 1.83 bits per heavy atom. The van der Waals surface area contributed by atoms with E-state index in [-0.39, 0.29) is 18.3 Å². The average Bonchev–Trinajstić information content (AvgIpc) is 2.44. The molecule has 1 aromatic rings. The Morgan fingerprint density at radius 1 is 1.17 bits per heavy atom. The molecule has 3 rings (SSSR count). The van der Waals surface area contributed by atoms with Gasteiger partial charge < -0.3 is 11.1 Å². The topological polar surface area (TPSA) is 55.1 Å². The molecule has 1 amide bonds. The van der Waals surface area contributed by atoms with Crippen LogP contribution in [0.5, 0.6) is 0 Å². The maximum atomic E-state index is 12.4. The molecule has 23 heavy (non-hydrogen) atoms. The number of amides is 1. The van der Waals surface area contributed by atoms with Gasteiger partial charge in [0.1, 0.15) is 0 Å². The van der Waals surface area contributed by atoms with Gasteiger partial charge in [0.25, 0.3) is 0 Å². The second kappa shape index (κ2) is 8.06. The molecular weight excluding hydrogens is 355 g/mol. The molecule has 2 saturated carbocycles. The number of halogens is 3. The lowest BCUT2D eigenvalue weighted by Gasteiger charge is -2.45. The van der Waals surface area contributed by atoms with Gasteiger partial charge in [-0.05, 0) is 55.2 Å². The first kappa shape index (κ1) is 18.9. The van der Waals surface area contributed by atoms with Crippen LogP contribution in [-0.2, 0) is 11.2 Å². The van der Waals surface area contributed by atoms with Gasteiger partial charge in [-0.3, -0.25) is 4.79 Å². The highest BCUT2D eigenvalue weighted by atomic mass is 35.5. The largest absolute Gasteiger partial charge is 0.353 e. The standard InChI is InChI=1S/C17H22Cl2N2O.ClH/c18-14-5-4-10(6-15(14)19)7-16(22)21-17-11-2-1-3-12(17)9-13(20)8-11;/h4-6,11-13,17H,1-3,7-9,20H2,(H,21,22);1H. The van der Waals surface area contributed by atoms with Crippen molar-refractivity contribution in [2.75, 3.05) is 0 Å². The Morgan fingerprint density at radius 3 is 2.43 bits per heavy atom. The first-order valence-electron chi connectivity index (χ1n) is 8.02. The molecule has 0 aliphatic heterocycles. The smallest absolute Gasteiger partial charge is 0.224 e. The van der Waals surface area contributed by atoms with Gasteiger partial charge in [-0.15, -0.1) is 12.4 Å². The van der Waals surface area contributed by atoms with Crippen molar-refractivity contribution in [1.82, 2.24) is 5.32 Å². The highest BCUT2D eigenvalue weighted by Gasteiger charge is 2.39. The lowest BCUT2D eigenvalue weighted by molar-refractivity contribution is -0.122. The van der Waals surface area contributed by atoms with Crippen molar-refractivity contribution in [2.45, 2.75) is 50.6 Å². The Kier molecular flexibility index (Phi) is 6.61. The minimum atomic E-state index is 0. The lowest BCUT2D eigenvalue weighted by atomic mass is 9.67. The van der Waals surface area contributed by atoms with Crippen molar-refractivity contribution >= 4 is 41.5 Å². The summed E-state index contributed by atoms with van der Waals surface area (Å²) in [6.45, 7) is 0. The van der Waals surface area contributed by atoms with Crippen molar-refractivity contribution in [3.63, 3.8) is 0 Å². The maximum absolute atomic E-state index is 12.4. The summed E-state index contributed by atoms with van der Waals surface area (Å²) in [5.74, 6) is 1.15. The van der Waals surface area contributed by atoms with Gasteiger partial charge in [0, 0.05) is 12.1 Å². The van der Waals surface area contributed by atoms with Crippen LogP contribution in [0.3, 0.4) is 0 Å². The highest BCUT2D eigenvalue weighted by Crippen LogP contribution is 2.39. The summed E-state index contributed by atoms with van der Waals surface area (Å²) >= 11 is 11.9. The lowest BCUT2D eigenvalue weighted by Crippen LogP contribution is -2.54. The maximum Gasteiger partial charge on any atom is 0.224 e. The number of carbonyl (C=O) groups excluding carboxylic acids is 1. The van der Waals surface area contributed by atoms with Gasteiger partial charge in [0.2, 0.25) is 5.91 Å². The molecule has 0 saturated heterocycles. The molecule has 2 bridgehead atoms. The molecule has 0 radical (unpaired) electrons. The summed E-state index contributed by atoms with van der Waals surface area (Å²) in [6.07, 6.45) is 6.05. The minimum Gasteiger partial charge on any atom is -0.353 e. The Hall–Kier alpha value is -0.480.